The Balaban J connectivity index is 2.26. The fourth-order valence-electron chi connectivity index (χ4n) is 1.55. The minimum Gasteiger partial charge on any atom is -0.342 e. The number of ketones is 1. The average molecular weight is 268 g/mol. The quantitative estimate of drug-likeness (QED) is 0.823. The van der Waals surface area contributed by atoms with Crippen molar-refractivity contribution in [1.29, 1.82) is 0 Å². The zero-order valence-corrected chi connectivity index (χ0v) is 11.0. The van der Waals surface area contributed by atoms with E-state index in [0.29, 0.717) is 17.3 Å². The van der Waals surface area contributed by atoms with Crippen LogP contribution in [0.1, 0.15) is 16.3 Å². The molecule has 0 aliphatic heterocycles. The number of H-pyrrole nitrogens is 1. The van der Waals surface area contributed by atoms with Crippen LogP contribution >= 0.6 is 11.6 Å². The number of imidazole rings is 1. The largest absolute Gasteiger partial charge is 0.342 e. The third-order valence-corrected chi connectivity index (χ3v) is 2.76. The molecule has 0 unspecified atom stereocenters. The number of rotatable bonds is 5. The van der Waals surface area contributed by atoms with Crippen LogP contribution in [-0.4, -0.2) is 51.1 Å². The second-order valence-electron chi connectivity index (χ2n) is 4.13. The lowest BCUT2D eigenvalue weighted by Gasteiger charge is -2.11. The maximum absolute atomic E-state index is 12.2. The second-order valence-corrected chi connectivity index (χ2v) is 4.54. The summed E-state index contributed by atoms with van der Waals surface area (Å²) in [4.78, 5) is 20.9. The van der Waals surface area contributed by atoms with Crippen molar-refractivity contribution in [2.75, 3.05) is 20.6 Å². The number of nitrogens with one attached hydrogen (secondary N) is 1. The lowest BCUT2D eigenvalue weighted by Crippen LogP contribution is -2.22. The highest BCUT2D eigenvalue weighted by Crippen LogP contribution is 2.17. The van der Waals surface area contributed by atoms with Crippen molar-refractivity contribution >= 4 is 17.4 Å². The first-order valence-corrected chi connectivity index (χ1v) is 5.87. The van der Waals surface area contributed by atoms with Gasteiger partial charge in [-0.2, -0.15) is 5.10 Å². The molecule has 2 heterocycles. The number of aromatic amines is 1. The smallest absolute Gasteiger partial charge is 0.247 e. The van der Waals surface area contributed by atoms with Gasteiger partial charge in [0, 0.05) is 18.9 Å². The summed E-state index contributed by atoms with van der Waals surface area (Å²) in [6.07, 6.45) is 4.61. The molecule has 18 heavy (non-hydrogen) atoms. The van der Waals surface area contributed by atoms with Crippen molar-refractivity contribution in [2.45, 2.75) is 6.54 Å². The molecule has 0 aromatic carbocycles. The second kappa shape index (κ2) is 5.32. The maximum atomic E-state index is 12.2. The average Bonchev–Trinajstić information content (AvgIpc) is 2.94. The molecule has 2 aromatic rings. The molecule has 2 aromatic heterocycles. The molecule has 0 atom stereocenters. The number of hydrogen-bond donors (Lipinski definition) is 1. The highest BCUT2D eigenvalue weighted by atomic mass is 35.5. The zero-order valence-electron chi connectivity index (χ0n) is 10.2. The van der Waals surface area contributed by atoms with Gasteiger partial charge in [0.25, 0.3) is 0 Å². The van der Waals surface area contributed by atoms with Crippen molar-refractivity contribution in [3.8, 4) is 0 Å². The maximum Gasteiger partial charge on any atom is 0.247 e. The molecule has 0 spiro atoms. The summed E-state index contributed by atoms with van der Waals surface area (Å²) >= 11 is 6.01. The van der Waals surface area contributed by atoms with Gasteiger partial charge in [0.2, 0.25) is 5.78 Å². The zero-order chi connectivity index (χ0) is 13.1. The number of likely N-dealkylation sites (N-methyl/N-ethyl adjacent to an activating group) is 1. The highest BCUT2D eigenvalue weighted by molar-refractivity contribution is 6.34. The molecule has 0 bridgehead atoms. The van der Waals surface area contributed by atoms with Crippen LogP contribution in [0.4, 0.5) is 0 Å². The Morgan fingerprint density at radius 2 is 2.33 bits per heavy atom. The number of halogens is 1. The Morgan fingerprint density at radius 1 is 1.56 bits per heavy atom. The summed E-state index contributed by atoms with van der Waals surface area (Å²) in [7, 11) is 3.91. The van der Waals surface area contributed by atoms with Crippen LogP contribution in [-0.2, 0) is 6.54 Å². The fraction of sp³-hybridized carbons (Fsp3) is 0.364. The predicted octanol–water partition coefficient (Wildman–Crippen LogP) is 1.05. The molecule has 1 N–H and O–H groups in total. The van der Waals surface area contributed by atoms with Crippen molar-refractivity contribution < 1.29 is 4.79 Å². The van der Waals surface area contributed by atoms with E-state index in [1.165, 1.54) is 12.4 Å². The molecule has 0 fully saturated rings. The molecule has 6 nitrogen and oxygen atoms in total. The molecular weight excluding hydrogens is 254 g/mol. The van der Waals surface area contributed by atoms with Crippen LogP contribution in [0.2, 0.25) is 5.02 Å². The Kier molecular flexibility index (Phi) is 3.78. The van der Waals surface area contributed by atoms with Gasteiger partial charge in [-0.25, -0.2) is 4.98 Å². The summed E-state index contributed by atoms with van der Waals surface area (Å²) in [6.45, 7) is 1.37. The number of carbonyl (C=O) groups is 1. The van der Waals surface area contributed by atoms with Gasteiger partial charge in [-0.15, -0.1) is 0 Å². The van der Waals surface area contributed by atoms with E-state index in [0.717, 1.165) is 6.54 Å². The van der Waals surface area contributed by atoms with Crippen molar-refractivity contribution in [3.63, 3.8) is 0 Å². The topological polar surface area (TPSA) is 66.8 Å². The number of nitrogens with zero attached hydrogens (tertiary/aromatic N) is 4. The molecule has 0 aliphatic carbocycles. The normalized spacial score (nSPS) is 11.1. The van der Waals surface area contributed by atoms with Crippen LogP contribution in [0.3, 0.4) is 0 Å². The molecule has 0 aliphatic rings. The molecule has 0 radical (unpaired) electrons. The SMILES string of the molecule is CN(C)CCn1ncc(Cl)c1C(=O)c1ncc[nH]1. The van der Waals surface area contributed by atoms with E-state index in [-0.39, 0.29) is 11.6 Å². The third-order valence-electron chi connectivity index (χ3n) is 2.48. The van der Waals surface area contributed by atoms with Crippen LogP contribution < -0.4 is 0 Å². The van der Waals surface area contributed by atoms with E-state index in [1.54, 1.807) is 10.9 Å². The predicted molar refractivity (Wildman–Crippen MR) is 67.8 cm³/mol. The van der Waals surface area contributed by atoms with Gasteiger partial charge >= 0.3 is 0 Å². The van der Waals surface area contributed by atoms with Crippen LogP contribution in [0, 0.1) is 0 Å². The first kappa shape index (κ1) is 12.8. The Labute approximate surface area is 110 Å². The summed E-state index contributed by atoms with van der Waals surface area (Å²) < 4.78 is 1.60. The first-order valence-electron chi connectivity index (χ1n) is 5.49. The minimum absolute atomic E-state index is 0.249. The minimum atomic E-state index is -0.249. The van der Waals surface area contributed by atoms with Gasteiger partial charge in [0.15, 0.2) is 5.82 Å². The van der Waals surface area contributed by atoms with E-state index in [4.69, 9.17) is 11.6 Å². The summed E-state index contributed by atoms with van der Waals surface area (Å²) in [6, 6.07) is 0. The molecule has 7 heteroatoms. The standard InChI is InChI=1S/C11H14ClN5O/c1-16(2)5-6-17-9(8(12)7-15-17)10(18)11-13-3-4-14-11/h3-4,7H,5-6H2,1-2H3,(H,13,14). The van der Waals surface area contributed by atoms with Gasteiger partial charge in [0.05, 0.1) is 17.8 Å². The summed E-state index contributed by atoms with van der Waals surface area (Å²) in [5, 5.41) is 4.46. The monoisotopic (exact) mass is 267 g/mol. The van der Waals surface area contributed by atoms with Gasteiger partial charge < -0.3 is 9.88 Å². The highest BCUT2D eigenvalue weighted by Gasteiger charge is 2.20. The molecule has 0 saturated carbocycles. The third kappa shape index (κ3) is 2.60. The Morgan fingerprint density at radius 3 is 2.94 bits per heavy atom. The van der Waals surface area contributed by atoms with Crippen LogP contribution in [0.15, 0.2) is 18.6 Å². The van der Waals surface area contributed by atoms with Crippen LogP contribution in [0.5, 0.6) is 0 Å². The number of hydrogen-bond acceptors (Lipinski definition) is 4. The number of carbonyl (C=O) groups excluding carboxylic acids is 1. The lowest BCUT2D eigenvalue weighted by molar-refractivity contribution is 0.101. The van der Waals surface area contributed by atoms with Crippen molar-refractivity contribution in [2.24, 2.45) is 0 Å². The number of aromatic nitrogens is 4. The molecule has 2 rings (SSSR count). The lowest BCUT2D eigenvalue weighted by atomic mass is 10.2. The summed E-state index contributed by atoms with van der Waals surface area (Å²) in [5.41, 5.74) is 0.369. The van der Waals surface area contributed by atoms with Gasteiger partial charge in [-0.3, -0.25) is 9.48 Å². The summed E-state index contributed by atoms with van der Waals surface area (Å²) in [5.74, 6) is 0.0183. The van der Waals surface area contributed by atoms with E-state index in [2.05, 4.69) is 15.1 Å². The fourth-order valence-corrected chi connectivity index (χ4v) is 1.78. The van der Waals surface area contributed by atoms with Gasteiger partial charge in [-0.1, -0.05) is 11.6 Å². The first-order chi connectivity index (χ1) is 8.59. The van der Waals surface area contributed by atoms with Crippen molar-refractivity contribution in [3.05, 3.63) is 35.1 Å². The van der Waals surface area contributed by atoms with Gasteiger partial charge in [-0.05, 0) is 14.1 Å². The molecule has 96 valence electrons. The van der Waals surface area contributed by atoms with Gasteiger partial charge in [0.1, 0.15) is 5.69 Å². The van der Waals surface area contributed by atoms with Crippen molar-refractivity contribution in [1.82, 2.24) is 24.6 Å². The van der Waals surface area contributed by atoms with E-state index < -0.39 is 0 Å². The van der Waals surface area contributed by atoms with Crippen LogP contribution in [0.25, 0.3) is 0 Å². The van der Waals surface area contributed by atoms with E-state index in [9.17, 15) is 4.79 Å². The van der Waals surface area contributed by atoms with E-state index in [1.807, 2.05) is 19.0 Å². The molecular formula is C11H14ClN5O. The Hall–Kier alpha value is -1.66. The molecule has 0 saturated heterocycles. The Bertz CT molecular complexity index is 532. The molecule has 0 amide bonds. The van der Waals surface area contributed by atoms with E-state index >= 15 is 0 Å².